The van der Waals surface area contributed by atoms with E-state index in [-0.39, 0.29) is 5.82 Å². The molecule has 3 N–H and O–H groups in total. The summed E-state index contributed by atoms with van der Waals surface area (Å²) in [4.78, 5) is 27.8. The zero-order valence-electron chi connectivity index (χ0n) is 12.9. The van der Waals surface area contributed by atoms with Crippen molar-refractivity contribution >= 4 is 11.7 Å². The van der Waals surface area contributed by atoms with E-state index in [0.717, 1.165) is 4.57 Å². The summed E-state index contributed by atoms with van der Waals surface area (Å²) in [5.41, 5.74) is -0.463. The van der Waals surface area contributed by atoms with E-state index in [4.69, 9.17) is 9.84 Å². The molecule has 2 aromatic rings. The van der Waals surface area contributed by atoms with E-state index >= 15 is 0 Å². The fourth-order valence-electron chi connectivity index (χ4n) is 2.53. The molecule has 0 bridgehead atoms. The third kappa shape index (κ3) is 3.43. The Bertz CT molecular complexity index is 813. The lowest BCUT2D eigenvalue weighted by molar-refractivity contribution is -0.0490. The van der Waals surface area contributed by atoms with Crippen LogP contribution in [0.1, 0.15) is 16.6 Å². The second-order valence-corrected chi connectivity index (χ2v) is 5.51. The van der Waals surface area contributed by atoms with Crippen LogP contribution in [0.15, 0.2) is 47.4 Å². The van der Waals surface area contributed by atoms with Crippen LogP contribution < -0.4 is 11.0 Å². The van der Waals surface area contributed by atoms with Gasteiger partial charge in [-0.3, -0.25) is 9.36 Å². The molecule has 4 atom stereocenters. The molecule has 3 rings (SSSR count). The zero-order chi connectivity index (χ0) is 18.0. The van der Waals surface area contributed by atoms with Crippen LogP contribution in [-0.2, 0) is 4.74 Å². The van der Waals surface area contributed by atoms with Gasteiger partial charge in [-0.1, -0.05) is 18.2 Å². The summed E-state index contributed by atoms with van der Waals surface area (Å²) in [5, 5.41) is 21.1. The van der Waals surface area contributed by atoms with Gasteiger partial charge in [-0.2, -0.15) is 4.98 Å². The molecular weight excluding hydrogens is 333 g/mol. The predicted octanol–water partition coefficient (Wildman–Crippen LogP) is 0.0843. The van der Waals surface area contributed by atoms with Gasteiger partial charge in [0.1, 0.15) is 18.0 Å². The molecule has 1 amide bonds. The first kappa shape index (κ1) is 17.2. The van der Waals surface area contributed by atoms with Crippen molar-refractivity contribution in [2.45, 2.75) is 24.6 Å². The van der Waals surface area contributed by atoms with E-state index < -0.39 is 42.8 Å². The lowest BCUT2D eigenvalue weighted by Crippen LogP contribution is -2.33. The van der Waals surface area contributed by atoms with E-state index in [9.17, 15) is 19.1 Å². The number of aromatic nitrogens is 2. The molecule has 1 aromatic heterocycles. The molecule has 1 aliphatic rings. The number of ether oxygens (including phenoxy) is 1. The molecule has 1 aromatic carbocycles. The normalized spacial score (nSPS) is 25.7. The highest BCUT2D eigenvalue weighted by Crippen LogP contribution is 2.30. The second kappa shape index (κ2) is 7.09. The molecule has 0 aliphatic carbocycles. The van der Waals surface area contributed by atoms with Gasteiger partial charge in [0.25, 0.3) is 5.91 Å². The van der Waals surface area contributed by atoms with Gasteiger partial charge >= 0.3 is 5.69 Å². The molecule has 132 valence electrons. The van der Waals surface area contributed by atoms with Crippen LogP contribution in [-0.4, -0.2) is 50.7 Å². The third-order valence-electron chi connectivity index (χ3n) is 3.86. The summed E-state index contributed by atoms with van der Waals surface area (Å²) in [6.45, 7) is -0.578. The summed E-state index contributed by atoms with van der Waals surface area (Å²) in [6, 6.07) is 9.68. The summed E-state index contributed by atoms with van der Waals surface area (Å²) < 4.78 is 20.1. The number of amides is 1. The Morgan fingerprint density at radius 2 is 2.04 bits per heavy atom. The minimum atomic E-state index is -1.89. The molecule has 0 saturated carbocycles. The van der Waals surface area contributed by atoms with Crippen molar-refractivity contribution in [3.63, 3.8) is 0 Å². The lowest BCUT2D eigenvalue weighted by Gasteiger charge is -2.16. The lowest BCUT2D eigenvalue weighted by atomic mass is 10.1. The summed E-state index contributed by atoms with van der Waals surface area (Å²) >= 11 is 0. The minimum Gasteiger partial charge on any atom is -0.394 e. The number of nitrogens with one attached hydrogen (secondary N) is 1. The van der Waals surface area contributed by atoms with E-state index in [0.29, 0.717) is 5.56 Å². The maximum Gasteiger partial charge on any atom is 0.351 e. The monoisotopic (exact) mass is 349 g/mol. The molecule has 1 saturated heterocycles. The highest BCUT2D eigenvalue weighted by atomic mass is 19.1. The average Bonchev–Trinajstić information content (AvgIpc) is 2.91. The SMILES string of the molecule is O=C(Nc1ccn([C@@H]2O[C@H](CO)[C@@H](O)[C@@H]2F)c(=O)n1)c1ccccc1. The first-order chi connectivity index (χ1) is 12.0. The van der Waals surface area contributed by atoms with E-state index in [2.05, 4.69) is 10.3 Å². The predicted molar refractivity (Wildman–Crippen MR) is 84.8 cm³/mol. The molecule has 0 unspecified atom stereocenters. The Hall–Kier alpha value is -2.62. The maximum atomic E-state index is 14.1. The van der Waals surface area contributed by atoms with Crippen molar-refractivity contribution in [2.75, 3.05) is 11.9 Å². The number of carbonyl (C=O) groups is 1. The number of halogens is 1. The molecule has 1 fully saturated rings. The van der Waals surface area contributed by atoms with Crippen molar-refractivity contribution in [2.24, 2.45) is 0 Å². The first-order valence-electron chi connectivity index (χ1n) is 7.55. The largest absolute Gasteiger partial charge is 0.394 e. The van der Waals surface area contributed by atoms with Gasteiger partial charge in [0.05, 0.1) is 6.61 Å². The van der Waals surface area contributed by atoms with E-state index in [1.807, 2.05) is 0 Å². The quantitative estimate of drug-likeness (QED) is 0.721. The average molecular weight is 349 g/mol. The number of aliphatic hydroxyl groups is 2. The molecule has 0 spiro atoms. The summed E-state index contributed by atoms with van der Waals surface area (Å²) in [5.74, 6) is -0.440. The third-order valence-corrected chi connectivity index (χ3v) is 3.86. The summed E-state index contributed by atoms with van der Waals surface area (Å²) in [6.07, 6.45) is -4.74. The number of benzene rings is 1. The van der Waals surface area contributed by atoms with Gasteiger partial charge in [0, 0.05) is 11.8 Å². The number of rotatable bonds is 4. The number of aliphatic hydroxyl groups excluding tert-OH is 2. The van der Waals surface area contributed by atoms with Crippen LogP contribution in [0.2, 0.25) is 0 Å². The Morgan fingerprint density at radius 1 is 1.32 bits per heavy atom. The zero-order valence-corrected chi connectivity index (χ0v) is 12.9. The Labute approximate surface area is 141 Å². The number of hydrogen-bond donors (Lipinski definition) is 3. The molecule has 1 aliphatic heterocycles. The smallest absolute Gasteiger partial charge is 0.351 e. The Kier molecular flexibility index (Phi) is 4.88. The van der Waals surface area contributed by atoms with Gasteiger partial charge in [-0.15, -0.1) is 0 Å². The molecule has 8 nitrogen and oxygen atoms in total. The number of hydrogen-bond acceptors (Lipinski definition) is 6. The van der Waals surface area contributed by atoms with Crippen molar-refractivity contribution in [1.29, 1.82) is 0 Å². The van der Waals surface area contributed by atoms with Crippen molar-refractivity contribution < 1.29 is 24.1 Å². The topological polar surface area (TPSA) is 114 Å². The van der Waals surface area contributed by atoms with Gasteiger partial charge in [-0.25, -0.2) is 9.18 Å². The highest BCUT2D eigenvalue weighted by molar-refractivity contribution is 6.03. The molecule has 25 heavy (non-hydrogen) atoms. The highest BCUT2D eigenvalue weighted by Gasteiger charge is 2.45. The number of anilines is 1. The molecule has 0 radical (unpaired) electrons. The van der Waals surface area contributed by atoms with Crippen LogP contribution in [0.4, 0.5) is 10.2 Å². The number of alkyl halides is 1. The van der Waals surface area contributed by atoms with Gasteiger partial charge in [0.15, 0.2) is 12.4 Å². The van der Waals surface area contributed by atoms with Crippen molar-refractivity contribution in [1.82, 2.24) is 9.55 Å². The second-order valence-electron chi connectivity index (χ2n) is 5.51. The number of carbonyl (C=O) groups excluding carboxylic acids is 1. The Balaban J connectivity index is 1.78. The van der Waals surface area contributed by atoms with E-state index in [1.165, 1.54) is 12.3 Å². The van der Waals surface area contributed by atoms with Crippen molar-refractivity contribution in [3.8, 4) is 0 Å². The van der Waals surface area contributed by atoms with Crippen molar-refractivity contribution in [3.05, 3.63) is 58.6 Å². The molecule has 2 heterocycles. The Morgan fingerprint density at radius 3 is 2.64 bits per heavy atom. The van der Waals surface area contributed by atoms with E-state index in [1.54, 1.807) is 30.3 Å². The number of nitrogens with zero attached hydrogens (tertiary/aromatic N) is 2. The standard InChI is InChI=1S/C16H16FN3O5/c17-12-13(22)10(8-21)25-15(12)20-7-6-11(19-16(20)24)18-14(23)9-4-2-1-3-5-9/h1-7,10,12-13,15,21-22H,8H2,(H,18,19,23,24)/t10-,12+,13-,15-/m1/s1. The molecule has 9 heteroatoms. The minimum absolute atomic E-state index is 0.00256. The fourth-order valence-corrected chi connectivity index (χ4v) is 2.53. The van der Waals surface area contributed by atoms with Crippen LogP contribution in [0.25, 0.3) is 0 Å². The fraction of sp³-hybridized carbons (Fsp3) is 0.312. The first-order valence-corrected chi connectivity index (χ1v) is 7.55. The van der Waals surface area contributed by atoms with Gasteiger partial charge in [0.2, 0.25) is 0 Å². The van der Waals surface area contributed by atoms with Crippen LogP contribution in [0.5, 0.6) is 0 Å². The van der Waals surface area contributed by atoms with Crippen LogP contribution >= 0.6 is 0 Å². The van der Waals surface area contributed by atoms with Gasteiger partial charge in [-0.05, 0) is 18.2 Å². The van der Waals surface area contributed by atoms with Crippen LogP contribution in [0, 0.1) is 0 Å². The van der Waals surface area contributed by atoms with Gasteiger partial charge < -0.3 is 20.3 Å². The maximum absolute atomic E-state index is 14.1. The van der Waals surface area contributed by atoms with Crippen LogP contribution in [0.3, 0.4) is 0 Å². The molecular formula is C16H16FN3O5. The summed E-state index contributed by atoms with van der Waals surface area (Å²) in [7, 11) is 0.